The molecule has 1 nitrogen and oxygen atoms in total. The molecule has 1 atom stereocenters. The van der Waals surface area contributed by atoms with Crippen molar-refractivity contribution >= 4 is 0 Å². The number of furan rings is 1. The van der Waals surface area contributed by atoms with Gasteiger partial charge in [-0.2, -0.15) is 0 Å². The van der Waals surface area contributed by atoms with Crippen molar-refractivity contribution in [3.05, 3.63) is 23.7 Å². The van der Waals surface area contributed by atoms with E-state index in [-0.39, 0.29) is 0 Å². The van der Waals surface area contributed by atoms with Gasteiger partial charge in [0.15, 0.2) is 0 Å². The lowest BCUT2D eigenvalue weighted by atomic mass is 9.92. The molecule has 0 aromatic carbocycles. The summed E-state index contributed by atoms with van der Waals surface area (Å²) in [6.45, 7) is 9.07. The summed E-state index contributed by atoms with van der Waals surface area (Å²) >= 11 is 0. The minimum absolute atomic E-state index is 0.773. The minimum atomic E-state index is 0.773. The van der Waals surface area contributed by atoms with Crippen LogP contribution in [0.3, 0.4) is 0 Å². The molecule has 0 aliphatic heterocycles. The van der Waals surface area contributed by atoms with Crippen LogP contribution in [0, 0.1) is 11.8 Å². The Bertz CT molecular complexity index is 260. The van der Waals surface area contributed by atoms with E-state index in [1.807, 2.05) is 6.26 Å². The molecule has 14 heavy (non-hydrogen) atoms. The van der Waals surface area contributed by atoms with Crippen LogP contribution in [0.5, 0.6) is 0 Å². The van der Waals surface area contributed by atoms with E-state index < -0.39 is 0 Å². The van der Waals surface area contributed by atoms with Crippen molar-refractivity contribution in [1.29, 1.82) is 0 Å². The van der Waals surface area contributed by atoms with Crippen molar-refractivity contribution in [3.63, 3.8) is 0 Å². The molecule has 0 amide bonds. The molecule has 0 N–H and O–H groups in total. The maximum atomic E-state index is 5.49. The number of aryl methyl sites for hydroxylation is 2. The standard InChI is InChI=1S/C13H22O/c1-5-12-8-9-14-13(12)7-6-11(4)10(2)3/h8-11H,5-7H2,1-4H3. The van der Waals surface area contributed by atoms with Crippen molar-refractivity contribution in [2.45, 2.75) is 47.0 Å². The van der Waals surface area contributed by atoms with Crippen molar-refractivity contribution in [2.24, 2.45) is 11.8 Å². The smallest absolute Gasteiger partial charge is 0.106 e. The van der Waals surface area contributed by atoms with Gasteiger partial charge in [-0.1, -0.05) is 27.7 Å². The van der Waals surface area contributed by atoms with Gasteiger partial charge in [0, 0.05) is 6.42 Å². The molecule has 0 spiro atoms. The van der Waals surface area contributed by atoms with E-state index in [9.17, 15) is 0 Å². The second-order valence-electron chi connectivity index (χ2n) is 4.48. The maximum absolute atomic E-state index is 5.49. The predicted octanol–water partition coefficient (Wildman–Crippen LogP) is 4.07. The van der Waals surface area contributed by atoms with Crippen LogP contribution in [0.4, 0.5) is 0 Å². The number of hydrogen-bond donors (Lipinski definition) is 0. The third-order valence-electron chi connectivity index (χ3n) is 3.18. The number of hydrogen-bond acceptors (Lipinski definition) is 1. The van der Waals surface area contributed by atoms with Crippen LogP contribution in [-0.2, 0) is 12.8 Å². The normalized spacial score (nSPS) is 13.5. The Morgan fingerprint density at radius 2 is 2.00 bits per heavy atom. The van der Waals surface area contributed by atoms with Crippen molar-refractivity contribution < 1.29 is 4.42 Å². The Morgan fingerprint density at radius 1 is 1.29 bits per heavy atom. The molecule has 0 saturated carbocycles. The summed E-state index contributed by atoms with van der Waals surface area (Å²) in [5.41, 5.74) is 1.38. The van der Waals surface area contributed by atoms with Crippen LogP contribution < -0.4 is 0 Å². The first-order valence-corrected chi connectivity index (χ1v) is 5.70. The summed E-state index contributed by atoms with van der Waals surface area (Å²) in [5, 5.41) is 0. The molecule has 0 saturated heterocycles. The van der Waals surface area contributed by atoms with E-state index in [1.54, 1.807) is 0 Å². The molecule has 0 fully saturated rings. The fourth-order valence-electron chi connectivity index (χ4n) is 1.59. The van der Waals surface area contributed by atoms with Gasteiger partial charge < -0.3 is 4.42 Å². The molecule has 1 aromatic rings. The van der Waals surface area contributed by atoms with Gasteiger partial charge in [0.1, 0.15) is 5.76 Å². The molecular formula is C13H22O. The average Bonchev–Trinajstić information content (AvgIpc) is 2.60. The lowest BCUT2D eigenvalue weighted by Crippen LogP contribution is -2.05. The third-order valence-corrected chi connectivity index (χ3v) is 3.18. The Kier molecular flexibility index (Phi) is 4.24. The van der Waals surface area contributed by atoms with Gasteiger partial charge in [0.25, 0.3) is 0 Å². The SMILES string of the molecule is CCc1ccoc1CCC(C)C(C)C. The molecular weight excluding hydrogens is 172 g/mol. The largest absolute Gasteiger partial charge is 0.469 e. The van der Waals surface area contributed by atoms with Crippen LogP contribution in [0.2, 0.25) is 0 Å². The van der Waals surface area contributed by atoms with Crippen LogP contribution in [-0.4, -0.2) is 0 Å². The Hall–Kier alpha value is -0.720. The molecule has 1 rings (SSSR count). The summed E-state index contributed by atoms with van der Waals surface area (Å²) < 4.78 is 5.49. The summed E-state index contributed by atoms with van der Waals surface area (Å²) in [6, 6.07) is 2.09. The van der Waals surface area contributed by atoms with Gasteiger partial charge >= 0.3 is 0 Å². The highest BCUT2D eigenvalue weighted by Crippen LogP contribution is 2.20. The summed E-state index contributed by atoms with van der Waals surface area (Å²) in [5.74, 6) is 2.75. The van der Waals surface area contributed by atoms with Crippen molar-refractivity contribution in [1.82, 2.24) is 0 Å². The Balaban J connectivity index is 2.45. The topological polar surface area (TPSA) is 13.1 Å². The lowest BCUT2D eigenvalue weighted by molar-refractivity contribution is 0.375. The van der Waals surface area contributed by atoms with Crippen LogP contribution in [0.25, 0.3) is 0 Å². The van der Waals surface area contributed by atoms with Gasteiger partial charge in [0.05, 0.1) is 6.26 Å². The van der Waals surface area contributed by atoms with Crippen LogP contribution in [0.1, 0.15) is 45.4 Å². The Labute approximate surface area is 87.5 Å². The van der Waals surface area contributed by atoms with E-state index in [4.69, 9.17) is 4.42 Å². The van der Waals surface area contributed by atoms with Gasteiger partial charge in [-0.3, -0.25) is 0 Å². The predicted molar refractivity (Wildman–Crippen MR) is 60.4 cm³/mol. The van der Waals surface area contributed by atoms with Crippen molar-refractivity contribution in [2.75, 3.05) is 0 Å². The first-order valence-electron chi connectivity index (χ1n) is 5.70. The second-order valence-corrected chi connectivity index (χ2v) is 4.48. The van der Waals surface area contributed by atoms with E-state index in [0.717, 1.165) is 24.7 Å². The third kappa shape index (κ3) is 2.90. The van der Waals surface area contributed by atoms with Crippen LogP contribution in [0.15, 0.2) is 16.7 Å². The molecule has 0 aliphatic carbocycles. The summed E-state index contributed by atoms with van der Waals surface area (Å²) in [4.78, 5) is 0. The summed E-state index contributed by atoms with van der Waals surface area (Å²) in [6.07, 6.45) is 5.23. The zero-order valence-corrected chi connectivity index (χ0v) is 9.84. The Morgan fingerprint density at radius 3 is 2.57 bits per heavy atom. The summed E-state index contributed by atoms with van der Waals surface area (Å²) in [7, 11) is 0. The first-order chi connectivity index (χ1) is 6.65. The van der Waals surface area contributed by atoms with E-state index in [0.29, 0.717) is 0 Å². The van der Waals surface area contributed by atoms with E-state index >= 15 is 0 Å². The molecule has 0 radical (unpaired) electrons. The highest BCUT2D eigenvalue weighted by Gasteiger charge is 2.10. The van der Waals surface area contributed by atoms with E-state index in [2.05, 4.69) is 33.8 Å². The second kappa shape index (κ2) is 5.23. The quantitative estimate of drug-likeness (QED) is 0.688. The number of rotatable bonds is 5. The fourth-order valence-corrected chi connectivity index (χ4v) is 1.59. The molecule has 0 bridgehead atoms. The van der Waals surface area contributed by atoms with Gasteiger partial charge in [-0.25, -0.2) is 0 Å². The minimum Gasteiger partial charge on any atom is -0.469 e. The highest BCUT2D eigenvalue weighted by atomic mass is 16.3. The van der Waals surface area contributed by atoms with E-state index in [1.165, 1.54) is 17.7 Å². The van der Waals surface area contributed by atoms with Gasteiger partial charge in [0.2, 0.25) is 0 Å². The van der Waals surface area contributed by atoms with Gasteiger partial charge in [-0.15, -0.1) is 0 Å². The highest BCUT2D eigenvalue weighted by molar-refractivity contribution is 5.16. The monoisotopic (exact) mass is 194 g/mol. The molecule has 1 heterocycles. The zero-order chi connectivity index (χ0) is 10.6. The maximum Gasteiger partial charge on any atom is 0.106 e. The molecule has 1 heteroatoms. The van der Waals surface area contributed by atoms with Crippen LogP contribution >= 0.6 is 0 Å². The molecule has 80 valence electrons. The molecule has 0 aliphatic rings. The fraction of sp³-hybridized carbons (Fsp3) is 0.692. The van der Waals surface area contributed by atoms with Gasteiger partial charge in [-0.05, 0) is 36.3 Å². The first kappa shape index (κ1) is 11.4. The van der Waals surface area contributed by atoms with Crippen molar-refractivity contribution in [3.8, 4) is 0 Å². The lowest BCUT2D eigenvalue weighted by Gasteiger charge is -2.14. The average molecular weight is 194 g/mol. The molecule has 1 aromatic heterocycles. The molecule has 1 unspecified atom stereocenters. The zero-order valence-electron chi connectivity index (χ0n) is 9.84.